The molecule has 35 atom stereocenters. The molecule has 0 spiro atoms. The number of nitrogens with one attached hydrogen (secondary N) is 1. The fourth-order valence-electron chi connectivity index (χ4n) is 19.1. The highest BCUT2D eigenvalue weighted by molar-refractivity contribution is 5.78. The zero-order chi connectivity index (χ0) is 99.6. The van der Waals surface area contributed by atoms with E-state index in [0.29, 0.717) is 26.2 Å². The van der Waals surface area contributed by atoms with Crippen LogP contribution >= 0.6 is 0 Å². The highest BCUT2D eigenvalue weighted by Crippen LogP contribution is 2.44. The summed E-state index contributed by atoms with van der Waals surface area (Å²) in [7, 11) is 29.6. The molecule has 22 heterocycles. The van der Waals surface area contributed by atoms with E-state index in [0.717, 1.165) is 0 Å². The molecule has 0 aromatic rings. The van der Waals surface area contributed by atoms with E-state index in [1.54, 1.807) is 62.3 Å². The van der Waals surface area contributed by atoms with Gasteiger partial charge in [-0.2, -0.15) is 0 Å². The number of hydrogen-bond acceptors (Lipinski definition) is 45. The molecule has 22 aliphatic heterocycles. The molecule has 22 fully saturated rings. The number of carbonyl (C=O) groups is 4. The van der Waals surface area contributed by atoms with Crippen molar-refractivity contribution in [1.29, 1.82) is 0 Å². The van der Waals surface area contributed by atoms with Gasteiger partial charge in [0, 0.05) is 201 Å². The fraction of sp³-hybridized carbons (Fsp3) is 0.956. The van der Waals surface area contributed by atoms with Gasteiger partial charge in [0.15, 0.2) is 44.0 Å². The number of carbonyl (C=O) groups excluding carboxylic acids is 4. The molecular formula is C90H161N5O41. The Labute approximate surface area is 801 Å². The SMILES string of the molecule is COC[C@H]1O[C@@H]2O[C@H]3[C@H](OC)[C@@H](OC)[C@@H](O[C@H]4[C@H](OC)[C@@H](OC)[C@@H](O[C@H]5[C@H](OC)[C@@H](OC)[C@@H](O[C@H]6[C@H](OC)[C@@H](OC)[C@@H](O[C@H]7[C@H](OC)[C@@H](OC)[C@@H](O[C@H]8[C@H](OC)[C@@H](OC)[C@@H](O[C@H]1[C@H](OC)[C@H]2OC)O[C@@H]8CNC(=O)CN1CCN(CC(=O)OC(C)(C)C)CCN(CC(=O)OC(C)(C)C)CCN(CC(=O)OC(C)(C)C)CC1)O[C@@H]7COC)O[C@@H]6COC)O[C@@H]5COC)O[C@@H]4COC)O[C@@H]3COC. The number of rotatable bonds is 36. The van der Waals surface area contributed by atoms with Crippen molar-refractivity contribution in [3.8, 4) is 0 Å². The van der Waals surface area contributed by atoms with Gasteiger partial charge >= 0.3 is 17.9 Å². The monoisotopic (exact) mass is 1970 g/mol. The molecule has 792 valence electrons. The second-order valence-electron chi connectivity index (χ2n) is 37.7. The summed E-state index contributed by atoms with van der Waals surface area (Å²) in [5, 5.41) is 3.16. The molecule has 46 nitrogen and oxygen atoms in total. The second kappa shape index (κ2) is 55.6. The lowest BCUT2D eigenvalue weighted by Gasteiger charge is -2.52. The fourth-order valence-corrected chi connectivity index (χ4v) is 19.1. The summed E-state index contributed by atoms with van der Waals surface area (Å²) in [5.41, 5.74) is -2.38. The molecule has 46 heteroatoms. The van der Waals surface area contributed by atoms with Gasteiger partial charge in [-0.15, -0.1) is 0 Å². The Morgan fingerprint density at radius 1 is 0.228 bits per heavy atom. The van der Waals surface area contributed by atoms with E-state index in [2.05, 4.69) is 5.32 Å². The van der Waals surface area contributed by atoms with Gasteiger partial charge in [0.25, 0.3) is 0 Å². The zero-order valence-electron chi connectivity index (χ0n) is 85.2. The molecule has 14 bridgehead atoms. The lowest BCUT2D eigenvalue weighted by atomic mass is 9.94. The van der Waals surface area contributed by atoms with Crippen LogP contribution in [0.2, 0.25) is 0 Å². The van der Waals surface area contributed by atoms with Gasteiger partial charge in [-0.3, -0.25) is 38.8 Å². The van der Waals surface area contributed by atoms with E-state index in [4.69, 9.17) is 175 Å². The van der Waals surface area contributed by atoms with Gasteiger partial charge in [-0.25, -0.2) is 0 Å². The van der Waals surface area contributed by atoms with E-state index < -0.39 is 256 Å². The standard InChI is InChI=1S/C90H161N5O41/c1-88(2,3)134-57(97)40-93-32-30-92(31-33-94(41-58(98)135-89(4,5)6)35-37-95(36-34-93)42-59(99)136-90(7,8)9)39-56(96)91-38-49-60-67(106-16)74(113-23)81(120-49)128-61-50(43-100-10)122-83(76(115-25)68(61)107-17)130-63-52(45-102-12)124-85(78(117-27)70(63)109-19)132-65-54(47-104-14)126-87(80(119-29)72(65)111-21)133-66-55(48-105-15)125-86(79(118-28)73(66)112-22)131-64-53(46-103-13)123-84(77(116-26)71(64)110-20)129-62-51(44-101-11)121-82(127-60)75(114-24)69(62)108-18/h49-55,60-87H,30-48H2,1-29H3,(H,91,96)/t49-,50-,51-,52-,53-,54-,55-,60-,61-,62-,63-,64-,65-,66-,67+,68+,69+,70+,71+,72+,73+,74-,75-,76-,77-,78-,79-,80-,81-,82-,83-,84-,85-,86-,87-/m1/s1. The maximum absolute atomic E-state index is 15.4. The first-order valence-corrected chi connectivity index (χ1v) is 46.3. The summed E-state index contributed by atoms with van der Waals surface area (Å²) >= 11 is 0. The molecule has 0 saturated carbocycles. The number of ether oxygens (including phenoxy) is 37. The predicted octanol–water partition coefficient (Wildman–Crippen LogP) is -0.778. The van der Waals surface area contributed by atoms with E-state index in [1.807, 2.05) is 19.6 Å². The zero-order valence-corrected chi connectivity index (χ0v) is 85.2. The first-order chi connectivity index (χ1) is 65.0. The largest absolute Gasteiger partial charge is 0.459 e. The molecular weight excluding hydrogens is 1810 g/mol. The first-order valence-electron chi connectivity index (χ1n) is 46.3. The van der Waals surface area contributed by atoms with Gasteiger partial charge < -0.3 is 181 Å². The van der Waals surface area contributed by atoms with Crippen molar-refractivity contribution < 1.29 is 194 Å². The van der Waals surface area contributed by atoms with Crippen LogP contribution in [-0.4, -0.2) is 542 Å². The van der Waals surface area contributed by atoms with E-state index >= 15 is 4.79 Å². The summed E-state index contributed by atoms with van der Waals surface area (Å²) < 4.78 is 242. The van der Waals surface area contributed by atoms with Gasteiger partial charge in [0.2, 0.25) is 5.91 Å². The molecule has 0 aliphatic carbocycles. The second-order valence-corrected chi connectivity index (χ2v) is 37.7. The van der Waals surface area contributed by atoms with Crippen LogP contribution in [0.4, 0.5) is 0 Å². The van der Waals surface area contributed by atoms with Gasteiger partial charge in [0.05, 0.1) is 65.8 Å². The van der Waals surface area contributed by atoms with Gasteiger partial charge in [0.1, 0.15) is 188 Å². The first kappa shape index (κ1) is 116. The van der Waals surface area contributed by atoms with Crippen molar-refractivity contribution in [1.82, 2.24) is 24.9 Å². The van der Waals surface area contributed by atoms with E-state index in [9.17, 15) is 14.4 Å². The van der Waals surface area contributed by atoms with Crippen molar-refractivity contribution in [3.63, 3.8) is 0 Å². The maximum Gasteiger partial charge on any atom is 0.320 e. The number of esters is 3. The third-order valence-electron chi connectivity index (χ3n) is 25.1. The van der Waals surface area contributed by atoms with Gasteiger partial charge in [-0.05, 0) is 62.3 Å². The molecule has 0 aromatic carbocycles. The predicted molar refractivity (Wildman–Crippen MR) is 473 cm³/mol. The quantitative estimate of drug-likeness (QED) is 0.0594. The van der Waals surface area contributed by atoms with Crippen LogP contribution in [0.25, 0.3) is 0 Å². The van der Waals surface area contributed by atoms with Crippen LogP contribution < -0.4 is 5.32 Å². The van der Waals surface area contributed by atoms with Crippen LogP contribution in [0, 0.1) is 0 Å². The average Bonchev–Trinajstić information content (AvgIpc) is 0.774. The van der Waals surface area contributed by atoms with Crippen LogP contribution in [0.3, 0.4) is 0 Å². The summed E-state index contributed by atoms with van der Waals surface area (Å²) in [5.74, 6) is -1.87. The van der Waals surface area contributed by atoms with E-state index in [1.165, 1.54) is 142 Å². The third kappa shape index (κ3) is 30.7. The van der Waals surface area contributed by atoms with Crippen molar-refractivity contribution >= 4 is 23.8 Å². The maximum atomic E-state index is 15.4. The molecule has 1 N–H and O–H groups in total. The molecule has 22 aliphatic rings. The Hall–Kier alpha value is -3.64. The Bertz CT molecular complexity index is 3390. The topological polar surface area (TPSA) is 435 Å². The smallest absolute Gasteiger partial charge is 0.320 e. The normalized spacial score (nSPS) is 38.5. The van der Waals surface area contributed by atoms with Crippen molar-refractivity contribution in [2.45, 2.75) is 294 Å². The van der Waals surface area contributed by atoms with Gasteiger partial charge in [-0.1, -0.05) is 0 Å². The molecule has 1 amide bonds. The minimum atomic E-state index is -1.46. The third-order valence-corrected chi connectivity index (χ3v) is 25.1. The summed E-state index contributed by atoms with van der Waals surface area (Å²) in [6.45, 7) is 16.7. The molecule has 0 aromatic heterocycles. The Kier molecular flexibility index (Phi) is 47.4. The lowest BCUT2D eigenvalue weighted by molar-refractivity contribution is -0.402. The van der Waals surface area contributed by atoms with Crippen LogP contribution in [0.5, 0.6) is 0 Å². The van der Waals surface area contributed by atoms with E-state index in [-0.39, 0.29) is 98.5 Å². The molecule has 136 heavy (non-hydrogen) atoms. The van der Waals surface area contributed by atoms with Crippen LogP contribution in [0.15, 0.2) is 0 Å². The van der Waals surface area contributed by atoms with Crippen molar-refractivity contribution in [3.05, 3.63) is 0 Å². The van der Waals surface area contributed by atoms with Crippen molar-refractivity contribution in [2.75, 3.05) is 267 Å². The molecule has 0 unspecified atom stereocenters. The number of nitrogens with zero attached hydrogens (tertiary/aromatic N) is 4. The molecule has 22 rings (SSSR count). The van der Waals surface area contributed by atoms with Crippen LogP contribution in [0.1, 0.15) is 62.3 Å². The average molecular weight is 1970 g/mol. The highest BCUT2D eigenvalue weighted by atomic mass is 16.8. The number of methoxy groups -OCH3 is 20. The highest BCUT2D eigenvalue weighted by Gasteiger charge is 2.63. The summed E-state index contributed by atoms with van der Waals surface area (Å²) in [4.78, 5) is 64.3. The molecule has 0 radical (unpaired) electrons. The van der Waals surface area contributed by atoms with Crippen molar-refractivity contribution in [2.24, 2.45) is 0 Å². The minimum absolute atomic E-state index is 0.0679. The Morgan fingerprint density at radius 3 is 0.537 bits per heavy atom. The Balaban J connectivity index is 1.14. The number of amides is 1. The Morgan fingerprint density at radius 2 is 0.382 bits per heavy atom. The number of hydrogen-bond donors (Lipinski definition) is 1. The van der Waals surface area contributed by atoms with Crippen LogP contribution in [-0.2, 0) is 194 Å². The molecule has 22 saturated heterocycles. The summed E-state index contributed by atoms with van der Waals surface area (Å²) in [6.07, 6.45) is -40.2. The summed E-state index contributed by atoms with van der Waals surface area (Å²) in [6, 6.07) is 0. The minimum Gasteiger partial charge on any atom is -0.459 e. The lowest BCUT2D eigenvalue weighted by Crippen LogP contribution is -2.69.